The second-order valence-corrected chi connectivity index (χ2v) is 5.61. The summed E-state index contributed by atoms with van der Waals surface area (Å²) >= 11 is 0. The first-order valence-corrected chi connectivity index (χ1v) is 6.77. The molecule has 19 heavy (non-hydrogen) atoms. The van der Waals surface area contributed by atoms with Crippen LogP contribution in [0.2, 0.25) is 0 Å². The van der Waals surface area contributed by atoms with Crippen LogP contribution in [0.3, 0.4) is 0 Å². The maximum absolute atomic E-state index is 12.2. The fourth-order valence-corrected chi connectivity index (χ4v) is 2.12. The zero-order chi connectivity index (χ0) is 14.5. The van der Waals surface area contributed by atoms with Crippen LogP contribution in [-0.2, 0) is 14.5 Å². The van der Waals surface area contributed by atoms with Crippen LogP contribution in [0, 0.1) is 0 Å². The van der Waals surface area contributed by atoms with Gasteiger partial charge in [-0.05, 0) is 40.5 Å². The molecule has 1 unspecified atom stereocenters. The Morgan fingerprint density at radius 2 is 2.05 bits per heavy atom. The monoisotopic (exact) mass is 271 g/mol. The van der Waals surface area contributed by atoms with Crippen molar-refractivity contribution in [2.24, 2.45) is 0 Å². The largest absolute Gasteiger partial charge is 0.444 e. The van der Waals surface area contributed by atoms with Crippen molar-refractivity contribution in [2.45, 2.75) is 58.2 Å². The minimum atomic E-state index is -0.503. The Morgan fingerprint density at radius 1 is 1.37 bits per heavy atom. The van der Waals surface area contributed by atoms with Crippen molar-refractivity contribution in [3.63, 3.8) is 0 Å². The van der Waals surface area contributed by atoms with Crippen LogP contribution in [0.25, 0.3) is 0 Å². The molecule has 5 nitrogen and oxygen atoms in total. The van der Waals surface area contributed by atoms with E-state index in [0.29, 0.717) is 13.2 Å². The number of hydrogen-bond donors (Lipinski definition) is 0. The minimum Gasteiger partial charge on any atom is -0.444 e. The van der Waals surface area contributed by atoms with Crippen molar-refractivity contribution >= 4 is 6.09 Å². The van der Waals surface area contributed by atoms with E-state index in [1.165, 1.54) is 0 Å². The van der Waals surface area contributed by atoms with Crippen LogP contribution in [0.4, 0.5) is 4.79 Å². The first kappa shape index (κ1) is 16.0. The van der Waals surface area contributed by atoms with Crippen molar-refractivity contribution in [2.75, 3.05) is 13.2 Å². The number of carbonyl (C=O) groups is 1. The molecule has 1 aliphatic heterocycles. The maximum Gasteiger partial charge on any atom is 0.411 e. The van der Waals surface area contributed by atoms with Crippen LogP contribution in [0.15, 0.2) is 12.7 Å². The summed E-state index contributed by atoms with van der Waals surface area (Å²) in [5.74, 6) is 0. The highest BCUT2D eigenvalue weighted by Gasteiger charge is 2.38. The van der Waals surface area contributed by atoms with Gasteiger partial charge in [0.2, 0.25) is 0 Å². The first-order valence-electron chi connectivity index (χ1n) is 6.77. The lowest BCUT2D eigenvalue weighted by Gasteiger charge is -2.31. The molecule has 1 amide bonds. The van der Waals surface area contributed by atoms with Crippen LogP contribution < -0.4 is 0 Å². The molecule has 110 valence electrons. The highest BCUT2D eigenvalue weighted by Crippen LogP contribution is 2.27. The predicted octanol–water partition coefficient (Wildman–Crippen LogP) is 2.91. The number of hydrogen-bond acceptors (Lipinski definition) is 4. The van der Waals surface area contributed by atoms with Gasteiger partial charge in [0, 0.05) is 0 Å². The van der Waals surface area contributed by atoms with Gasteiger partial charge in [0.05, 0.1) is 18.7 Å². The van der Waals surface area contributed by atoms with Gasteiger partial charge in [-0.2, -0.15) is 0 Å². The Labute approximate surface area is 115 Å². The van der Waals surface area contributed by atoms with Crippen molar-refractivity contribution in [3.8, 4) is 0 Å². The van der Waals surface area contributed by atoms with Crippen molar-refractivity contribution in [1.29, 1.82) is 0 Å². The van der Waals surface area contributed by atoms with E-state index in [9.17, 15) is 4.79 Å². The van der Waals surface area contributed by atoms with Crippen LogP contribution in [-0.4, -0.2) is 41.9 Å². The topological polar surface area (TPSA) is 48.0 Å². The van der Waals surface area contributed by atoms with Gasteiger partial charge < -0.3 is 4.74 Å². The Bertz CT molecular complexity index is 311. The van der Waals surface area contributed by atoms with Crippen molar-refractivity contribution in [1.82, 2.24) is 4.90 Å². The molecule has 0 saturated carbocycles. The number of likely N-dealkylation sites (tertiary alicyclic amines) is 1. The van der Waals surface area contributed by atoms with E-state index in [1.54, 1.807) is 11.0 Å². The summed E-state index contributed by atoms with van der Waals surface area (Å²) in [6.45, 7) is 12.1. The Balaban J connectivity index is 2.66. The molecule has 1 fully saturated rings. The summed E-state index contributed by atoms with van der Waals surface area (Å²) in [7, 11) is 0. The van der Waals surface area contributed by atoms with Gasteiger partial charge in [-0.15, -0.1) is 6.58 Å². The molecule has 0 bridgehead atoms. The van der Waals surface area contributed by atoms with Crippen LogP contribution in [0.1, 0.15) is 40.5 Å². The lowest BCUT2D eigenvalue weighted by atomic mass is 10.2. The lowest BCUT2D eigenvalue weighted by molar-refractivity contribution is -0.296. The Hall–Kier alpha value is -1.07. The second-order valence-electron chi connectivity index (χ2n) is 5.61. The van der Waals surface area contributed by atoms with Crippen LogP contribution >= 0.6 is 0 Å². The number of rotatable bonds is 5. The Morgan fingerprint density at radius 3 is 2.58 bits per heavy atom. The highest BCUT2D eigenvalue weighted by atomic mass is 17.2. The van der Waals surface area contributed by atoms with E-state index in [4.69, 9.17) is 14.5 Å². The zero-order valence-electron chi connectivity index (χ0n) is 12.3. The van der Waals surface area contributed by atoms with Crippen LogP contribution in [0.5, 0.6) is 0 Å². The average molecular weight is 271 g/mol. The zero-order valence-corrected chi connectivity index (χ0v) is 12.3. The summed E-state index contributed by atoms with van der Waals surface area (Å²) in [5, 5.41) is 0. The number of nitrogens with zero attached hydrogens (tertiary/aromatic N) is 1. The molecule has 1 rings (SSSR count). The smallest absolute Gasteiger partial charge is 0.411 e. The van der Waals surface area contributed by atoms with Gasteiger partial charge in [0.1, 0.15) is 12.2 Å². The molecule has 0 aromatic carbocycles. The summed E-state index contributed by atoms with van der Waals surface area (Å²) < 4.78 is 5.43. The third-order valence-electron chi connectivity index (χ3n) is 2.88. The molecule has 1 heterocycles. The Kier molecular flexibility index (Phi) is 5.82. The lowest BCUT2D eigenvalue weighted by Crippen LogP contribution is -2.45. The molecule has 1 aliphatic rings. The highest BCUT2D eigenvalue weighted by molar-refractivity contribution is 5.69. The normalized spacial score (nSPS) is 23.5. The quantitative estimate of drug-likeness (QED) is 0.334. The molecular weight excluding hydrogens is 246 g/mol. The summed E-state index contributed by atoms with van der Waals surface area (Å²) in [4.78, 5) is 23.9. The molecule has 0 aromatic heterocycles. The third kappa shape index (κ3) is 4.84. The summed E-state index contributed by atoms with van der Waals surface area (Å²) in [6, 6.07) is -0.0190. The first-order chi connectivity index (χ1) is 8.89. The van der Waals surface area contributed by atoms with Gasteiger partial charge in [-0.25, -0.2) is 14.6 Å². The van der Waals surface area contributed by atoms with E-state index < -0.39 is 5.60 Å². The van der Waals surface area contributed by atoms with Gasteiger partial charge in [0.25, 0.3) is 0 Å². The standard InChI is InChI=1S/C14H25NO4/c1-6-11-8-9-12(10-18-17-7-2)15(11)13(16)19-14(3,4)5/h6,11-12H,1,7-10H2,2-5H3/t11?,12-/m0/s1. The fraction of sp³-hybridized carbons (Fsp3) is 0.786. The predicted molar refractivity (Wildman–Crippen MR) is 72.7 cm³/mol. The molecular formula is C14H25NO4. The fourth-order valence-electron chi connectivity index (χ4n) is 2.12. The molecule has 0 spiro atoms. The molecule has 5 heteroatoms. The maximum atomic E-state index is 12.2. The molecule has 0 aromatic rings. The van der Waals surface area contributed by atoms with E-state index in [2.05, 4.69) is 6.58 Å². The number of amides is 1. The molecule has 0 aliphatic carbocycles. The minimum absolute atomic E-state index is 0.00470. The molecule has 1 saturated heterocycles. The number of carbonyl (C=O) groups excluding carboxylic acids is 1. The summed E-state index contributed by atoms with van der Waals surface area (Å²) in [5.41, 5.74) is -0.503. The molecule has 0 radical (unpaired) electrons. The van der Waals surface area contributed by atoms with Gasteiger partial charge >= 0.3 is 6.09 Å². The SMILES string of the molecule is C=CC1CC[C@@H](COOCC)N1C(=O)OC(C)(C)C. The third-order valence-corrected chi connectivity index (χ3v) is 2.88. The molecule has 0 N–H and O–H groups in total. The molecule has 2 atom stereocenters. The van der Waals surface area contributed by atoms with Gasteiger partial charge in [-0.3, -0.25) is 4.90 Å². The van der Waals surface area contributed by atoms with E-state index in [0.717, 1.165) is 12.8 Å². The van der Waals surface area contributed by atoms with Gasteiger partial charge in [0.15, 0.2) is 0 Å². The van der Waals surface area contributed by atoms with Crippen molar-refractivity contribution in [3.05, 3.63) is 12.7 Å². The van der Waals surface area contributed by atoms with Crippen molar-refractivity contribution < 1.29 is 19.3 Å². The summed E-state index contributed by atoms with van der Waals surface area (Å²) in [6.07, 6.45) is 3.20. The van der Waals surface area contributed by atoms with Gasteiger partial charge in [-0.1, -0.05) is 6.08 Å². The number of ether oxygens (including phenoxy) is 1. The average Bonchev–Trinajstić information content (AvgIpc) is 2.70. The second kappa shape index (κ2) is 6.91. The van der Waals surface area contributed by atoms with E-state index >= 15 is 0 Å². The van der Waals surface area contributed by atoms with E-state index in [1.807, 2.05) is 27.7 Å². The van der Waals surface area contributed by atoms with E-state index in [-0.39, 0.29) is 18.2 Å².